The van der Waals surface area contributed by atoms with Gasteiger partial charge in [-0.3, -0.25) is 28.5 Å². The van der Waals surface area contributed by atoms with Crippen molar-refractivity contribution in [3.05, 3.63) is 76.8 Å². The van der Waals surface area contributed by atoms with E-state index in [0.717, 1.165) is 30.0 Å². The molecular formula is C49H59F2N5O8S2. The van der Waals surface area contributed by atoms with Gasteiger partial charge in [-0.25, -0.2) is 22.2 Å². The van der Waals surface area contributed by atoms with Crippen molar-refractivity contribution < 1.29 is 45.9 Å². The number of aromatic nitrogens is 3. The maximum Gasteiger partial charge on any atom is 0.307 e. The quantitative estimate of drug-likeness (QED) is 0.113. The molecule has 2 amide bonds. The zero-order valence-electron chi connectivity index (χ0n) is 38.4. The number of Topliss-reactive ketones (excluding diaryl/α,β-unsaturated/α-hetero) is 1. The fourth-order valence-corrected chi connectivity index (χ4v) is 11.6. The largest absolute Gasteiger partial charge is 0.460 e. The first-order valence-corrected chi connectivity index (χ1v) is 25.4. The molecule has 3 fully saturated rings. The van der Waals surface area contributed by atoms with Crippen LogP contribution >= 0.6 is 11.3 Å². The van der Waals surface area contributed by atoms with Crippen LogP contribution in [0.25, 0.3) is 21.6 Å². The SMILES string of the molecule is CC(C)n1c(O[C@@H]2C[C@H]3C(=O)C[C@]4(C(=O)NS(=O)(=O)C5(C)CC5)C[C@H]4/C=C\CCCCC[C@H](CC(=O)OC(C)(C)C)C(=O)N3C2)nc2c(-c3nc(Cc4cc(F)cc(F)c4)cs3)cccc21. The zero-order valence-corrected chi connectivity index (χ0v) is 40.0. The van der Waals surface area contributed by atoms with E-state index in [1.807, 2.05) is 54.1 Å². The molecule has 8 rings (SSSR count). The molecule has 2 aromatic carbocycles. The Morgan fingerprint density at radius 2 is 1.79 bits per heavy atom. The third-order valence-corrected chi connectivity index (χ3v) is 16.4. The van der Waals surface area contributed by atoms with E-state index in [-0.39, 0.29) is 61.9 Å². The standard InChI is InChI=1S/C49H59F2N5O8S2/c1-29(2)56-38-16-12-15-37(43-52-35(28-65-43)21-30-19-33(50)23-34(51)20-30)42(38)53-46(56)63-36-24-39-40(57)26-49(45(60)54-66(61,62)48(6)17-18-48)25-32(49)14-11-9-7-8-10-13-31(44(59)55(39)27-36)22-41(58)64-47(3,4)5/h11-12,14-16,19-20,23,28-29,31-32,36,39H,7-10,13,17-18,21-22,24-27H2,1-6H3,(H,54,60)/b14-11-/t31-,32-,36-,39+,49-/m1/s1. The van der Waals surface area contributed by atoms with E-state index < -0.39 is 67.4 Å². The molecule has 0 bridgehead atoms. The highest BCUT2D eigenvalue weighted by atomic mass is 32.2. The lowest BCUT2D eigenvalue weighted by atomic mass is 9.90. The molecule has 0 unspecified atom stereocenters. The van der Waals surface area contributed by atoms with E-state index in [1.165, 1.54) is 28.4 Å². The molecule has 2 saturated carbocycles. The third kappa shape index (κ3) is 10.1. The summed E-state index contributed by atoms with van der Waals surface area (Å²) >= 11 is 1.38. The van der Waals surface area contributed by atoms with Crippen molar-refractivity contribution in [1.29, 1.82) is 0 Å². The molecule has 354 valence electrons. The number of amides is 2. The third-order valence-electron chi connectivity index (χ3n) is 13.4. The number of hydrogen-bond donors (Lipinski definition) is 1. The number of fused-ring (bicyclic) bond motifs is 3. The van der Waals surface area contributed by atoms with E-state index in [0.29, 0.717) is 60.3 Å². The Labute approximate surface area is 388 Å². The van der Waals surface area contributed by atoms with Crippen LogP contribution in [-0.4, -0.2) is 80.5 Å². The monoisotopic (exact) mass is 947 g/mol. The van der Waals surface area contributed by atoms with Crippen LogP contribution in [0.15, 0.2) is 53.9 Å². The Balaban J connectivity index is 1.11. The van der Waals surface area contributed by atoms with Crippen LogP contribution in [0.2, 0.25) is 0 Å². The number of nitrogens with one attached hydrogen (secondary N) is 1. The first-order chi connectivity index (χ1) is 31.1. The number of allylic oxidation sites excluding steroid dienone is 2. The average Bonchev–Trinajstić information content (AvgIpc) is 3.91. The van der Waals surface area contributed by atoms with Gasteiger partial charge in [-0.15, -0.1) is 11.3 Å². The number of nitrogens with zero attached hydrogens (tertiary/aromatic N) is 4. The van der Waals surface area contributed by atoms with Crippen molar-refractivity contribution in [2.75, 3.05) is 6.54 Å². The lowest BCUT2D eigenvalue weighted by Crippen LogP contribution is -2.47. The minimum atomic E-state index is -3.99. The number of ether oxygens (including phenoxy) is 2. The molecule has 1 saturated heterocycles. The number of ketones is 1. The number of thiazole rings is 1. The maximum atomic E-state index is 14.9. The maximum absolute atomic E-state index is 14.9. The summed E-state index contributed by atoms with van der Waals surface area (Å²) < 4.78 is 70.3. The van der Waals surface area contributed by atoms with Gasteiger partial charge in [0.15, 0.2) is 5.78 Å². The van der Waals surface area contributed by atoms with Gasteiger partial charge in [-0.2, -0.15) is 4.98 Å². The number of esters is 1. The molecule has 4 aliphatic rings. The summed E-state index contributed by atoms with van der Waals surface area (Å²) in [7, 11) is -3.99. The fraction of sp³-hybridized carbons (Fsp3) is 0.551. The van der Waals surface area contributed by atoms with Crippen LogP contribution in [0.5, 0.6) is 6.01 Å². The number of benzene rings is 2. The summed E-state index contributed by atoms with van der Waals surface area (Å²) in [6, 6.07) is 8.19. The van der Waals surface area contributed by atoms with Crippen molar-refractivity contribution in [2.45, 2.75) is 147 Å². The summed E-state index contributed by atoms with van der Waals surface area (Å²) in [5.74, 6) is -4.45. The lowest BCUT2D eigenvalue weighted by molar-refractivity contribution is -0.159. The molecule has 4 aromatic rings. The predicted molar refractivity (Wildman–Crippen MR) is 246 cm³/mol. The molecule has 13 nitrogen and oxygen atoms in total. The van der Waals surface area contributed by atoms with Crippen molar-refractivity contribution in [2.24, 2.45) is 17.3 Å². The van der Waals surface area contributed by atoms with Gasteiger partial charge >= 0.3 is 5.97 Å². The van der Waals surface area contributed by atoms with Gasteiger partial charge in [0.25, 0.3) is 6.01 Å². The van der Waals surface area contributed by atoms with E-state index >= 15 is 0 Å². The molecule has 2 aliphatic heterocycles. The normalized spacial score (nSPS) is 25.1. The van der Waals surface area contributed by atoms with Gasteiger partial charge in [0.2, 0.25) is 21.8 Å². The summed E-state index contributed by atoms with van der Waals surface area (Å²) in [6.45, 7) is 10.9. The van der Waals surface area contributed by atoms with E-state index in [1.54, 1.807) is 27.7 Å². The Hall–Kier alpha value is -5.03. The van der Waals surface area contributed by atoms with Crippen LogP contribution in [0.1, 0.15) is 129 Å². The number of rotatable bonds is 11. The van der Waals surface area contributed by atoms with E-state index in [4.69, 9.17) is 19.4 Å². The highest BCUT2D eigenvalue weighted by Crippen LogP contribution is 2.58. The van der Waals surface area contributed by atoms with E-state index in [9.17, 15) is 36.4 Å². The lowest BCUT2D eigenvalue weighted by Gasteiger charge is -2.29. The highest BCUT2D eigenvalue weighted by Gasteiger charge is 2.62. The molecular weight excluding hydrogens is 889 g/mol. The first kappa shape index (κ1) is 47.5. The van der Waals surface area contributed by atoms with Crippen molar-refractivity contribution >= 4 is 56.0 Å². The van der Waals surface area contributed by atoms with Crippen LogP contribution < -0.4 is 9.46 Å². The van der Waals surface area contributed by atoms with Gasteiger partial charge < -0.3 is 14.4 Å². The topological polar surface area (TPSA) is 167 Å². The van der Waals surface area contributed by atoms with Crippen LogP contribution in [0.3, 0.4) is 0 Å². The minimum Gasteiger partial charge on any atom is -0.460 e. The molecule has 4 heterocycles. The molecule has 2 aliphatic carbocycles. The Bertz CT molecular complexity index is 2660. The molecule has 1 N–H and O–H groups in total. The van der Waals surface area contributed by atoms with Gasteiger partial charge in [-0.05, 0) is 116 Å². The zero-order chi connectivity index (χ0) is 47.3. The van der Waals surface area contributed by atoms with Gasteiger partial charge in [-0.1, -0.05) is 31.1 Å². The second kappa shape index (κ2) is 18.2. The van der Waals surface area contributed by atoms with Crippen molar-refractivity contribution in [1.82, 2.24) is 24.2 Å². The molecule has 0 spiro atoms. The number of para-hydroxylation sites is 1. The second-order valence-corrected chi connectivity index (χ2v) is 23.2. The Kier molecular flexibility index (Phi) is 13.1. The molecule has 5 atom stereocenters. The van der Waals surface area contributed by atoms with Gasteiger partial charge in [0.05, 0.1) is 40.4 Å². The number of carbonyl (C=O) groups excluding carboxylic acids is 4. The summed E-state index contributed by atoms with van der Waals surface area (Å²) in [4.78, 5) is 68.4. The summed E-state index contributed by atoms with van der Waals surface area (Å²) in [5, 5.41) is 2.49. The van der Waals surface area contributed by atoms with E-state index in [2.05, 4.69) is 4.72 Å². The Morgan fingerprint density at radius 1 is 1.05 bits per heavy atom. The minimum absolute atomic E-state index is 0.00000739. The highest BCUT2D eigenvalue weighted by molar-refractivity contribution is 7.91. The predicted octanol–water partition coefficient (Wildman–Crippen LogP) is 8.79. The van der Waals surface area contributed by atoms with Crippen molar-refractivity contribution in [3.8, 4) is 16.6 Å². The fourth-order valence-electron chi connectivity index (χ4n) is 9.44. The number of carbonyl (C=O) groups is 4. The van der Waals surface area contributed by atoms with Crippen LogP contribution in [0, 0.1) is 28.9 Å². The molecule has 17 heteroatoms. The molecule has 0 radical (unpaired) electrons. The van der Waals surface area contributed by atoms with Gasteiger partial charge in [0, 0.05) is 48.2 Å². The summed E-state index contributed by atoms with van der Waals surface area (Å²) in [6.07, 6.45) is 7.58. The first-order valence-electron chi connectivity index (χ1n) is 23.0. The van der Waals surface area contributed by atoms with Gasteiger partial charge in [0.1, 0.15) is 33.9 Å². The average molecular weight is 948 g/mol. The van der Waals surface area contributed by atoms with Crippen LogP contribution in [-0.2, 0) is 40.4 Å². The van der Waals surface area contributed by atoms with Crippen molar-refractivity contribution in [3.63, 3.8) is 0 Å². The number of imidazole rings is 1. The molecule has 2 aromatic heterocycles. The number of halogens is 2. The second-order valence-electron chi connectivity index (χ2n) is 20.2. The smallest absolute Gasteiger partial charge is 0.307 e. The summed E-state index contributed by atoms with van der Waals surface area (Å²) in [5.41, 5.74) is 1.10. The molecule has 66 heavy (non-hydrogen) atoms. The number of hydrogen-bond acceptors (Lipinski definition) is 11. The van der Waals surface area contributed by atoms with Crippen LogP contribution in [0.4, 0.5) is 8.78 Å². The Morgan fingerprint density at radius 3 is 2.48 bits per heavy atom. The number of sulfonamides is 1.